The normalized spacial score (nSPS) is 19.4. The van der Waals surface area contributed by atoms with E-state index in [1.165, 1.54) is 11.3 Å². The summed E-state index contributed by atoms with van der Waals surface area (Å²) in [5, 5.41) is 0. The van der Waals surface area contributed by atoms with Crippen molar-refractivity contribution in [3.05, 3.63) is 15.9 Å². The highest BCUT2D eigenvalue weighted by Gasteiger charge is 2.38. The zero-order chi connectivity index (χ0) is 14.8. The number of hydrogen-bond donors (Lipinski definition) is 2. The van der Waals surface area contributed by atoms with Crippen molar-refractivity contribution in [2.45, 2.75) is 48.3 Å². The lowest BCUT2D eigenvalue weighted by Gasteiger charge is -2.32. The summed E-state index contributed by atoms with van der Waals surface area (Å²) < 4.78 is 28.8. The topological polar surface area (TPSA) is 72.2 Å². The molecule has 1 heterocycles. The summed E-state index contributed by atoms with van der Waals surface area (Å²) in [6.45, 7) is 0. The van der Waals surface area contributed by atoms with E-state index in [1.807, 2.05) is 0 Å². The number of thiocarbonyl (C=S) groups is 1. The average Bonchev–Trinajstić information content (AvgIpc) is 2.67. The van der Waals surface area contributed by atoms with Crippen molar-refractivity contribution in [2.24, 2.45) is 5.73 Å². The highest BCUT2D eigenvalue weighted by Crippen LogP contribution is 2.31. The van der Waals surface area contributed by atoms with Gasteiger partial charge in [0, 0.05) is 0 Å². The molecule has 2 rings (SSSR count). The molecular weight excluding hydrogens is 380 g/mol. The molecule has 0 spiro atoms. The van der Waals surface area contributed by atoms with Gasteiger partial charge in [0.15, 0.2) is 0 Å². The van der Waals surface area contributed by atoms with E-state index in [4.69, 9.17) is 18.0 Å². The molecule has 0 aromatic carbocycles. The fourth-order valence-electron chi connectivity index (χ4n) is 2.48. The predicted octanol–water partition coefficient (Wildman–Crippen LogP) is 3.17. The molecule has 8 heteroatoms. The third-order valence-corrected chi connectivity index (χ3v) is 7.61. The van der Waals surface area contributed by atoms with E-state index in [-0.39, 0.29) is 9.20 Å². The van der Waals surface area contributed by atoms with Gasteiger partial charge in [-0.05, 0) is 40.9 Å². The van der Waals surface area contributed by atoms with E-state index in [2.05, 4.69) is 20.7 Å². The summed E-state index contributed by atoms with van der Waals surface area (Å²) in [6.07, 6.45) is 5.41. The Labute approximate surface area is 137 Å². The number of hydrogen-bond acceptors (Lipinski definition) is 4. The van der Waals surface area contributed by atoms with Gasteiger partial charge < -0.3 is 5.73 Å². The number of rotatable bonds is 4. The first-order valence-electron chi connectivity index (χ1n) is 6.45. The summed E-state index contributed by atoms with van der Waals surface area (Å²) in [7, 11) is -3.59. The number of nitrogens with one attached hydrogen (secondary N) is 1. The summed E-state index contributed by atoms with van der Waals surface area (Å²) in [5.74, 6) is 0. The van der Waals surface area contributed by atoms with Gasteiger partial charge in [-0.15, -0.1) is 11.3 Å². The molecular formula is C12H17BrN2O2S3. The van der Waals surface area contributed by atoms with Crippen LogP contribution in [0.3, 0.4) is 0 Å². The van der Waals surface area contributed by atoms with Gasteiger partial charge in [-0.25, -0.2) is 8.42 Å². The standard InChI is InChI=1S/C12H17BrN2O2S3/c13-9-5-6-10(19-9)20(16,17)15-12(11(14)18)7-3-1-2-4-8-12/h5-6,15H,1-4,7-8H2,(H2,14,18). The van der Waals surface area contributed by atoms with Crippen LogP contribution in [0.2, 0.25) is 0 Å². The highest BCUT2D eigenvalue weighted by molar-refractivity contribution is 9.11. The molecule has 0 bridgehead atoms. The monoisotopic (exact) mass is 396 g/mol. The maximum Gasteiger partial charge on any atom is 0.250 e. The van der Waals surface area contributed by atoms with Crippen molar-refractivity contribution in [3.8, 4) is 0 Å². The molecule has 0 radical (unpaired) electrons. The van der Waals surface area contributed by atoms with Crippen molar-refractivity contribution in [2.75, 3.05) is 0 Å². The second kappa shape index (κ2) is 6.39. The van der Waals surface area contributed by atoms with Crippen molar-refractivity contribution >= 4 is 54.5 Å². The maximum absolute atomic E-state index is 12.5. The second-order valence-electron chi connectivity index (χ2n) is 5.02. The van der Waals surface area contributed by atoms with E-state index in [1.54, 1.807) is 12.1 Å². The molecule has 20 heavy (non-hydrogen) atoms. The Balaban J connectivity index is 2.30. The number of sulfonamides is 1. The zero-order valence-corrected chi connectivity index (χ0v) is 14.9. The predicted molar refractivity (Wildman–Crippen MR) is 89.6 cm³/mol. The number of nitrogens with two attached hydrogens (primary N) is 1. The first-order valence-corrected chi connectivity index (χ1v) is 9.95. The lowest BCUT2D eigenvalue weighted by molar-refractivity contribution is 0.441. The summed E-state index contributed by atoms with van der Waals surface area (Å²) in [4.78, 5) is 0.249. The van der Waals surface area contributed by atoms with Gasteiger partial charge in [-0.1, -0.05) is 37.9 Å². The minimum atomic E-state index is -3.59. The Morgan fingerprint density at radius 1 is 1.30 bits per heavy atom. The van der Waals surface area contributed by atoms with Gasteiger partial charge in [0.2, 0.25) is 0 Å². The van der Waals surface area contributed by atoms with Crippen molar-refractivity contribution in [1.29, 1.82) is 0 Å². The van der Waals surface area contributed by atoms with Crippen LogP contribution in [0.4, 0.5) is 0 Å². The van der Waals surface area contributed by atoms with Crippen LogP contribution in [0.15, 0.2) is 20.1 Å². The molecule has 1 aliphatic carbocycles. The van der Waals surface area contributed by atoms with Crippen LogP contribution in [0, 0.1) is 0 Å². The molecule has 1 aliphatic rings. The van der Waals surface area contributed by atoms with Gasteiger partial charge in [0.1, 0.15) is 4.21 Å². The van der Waals surface area contributed by atoms with E-state index in [9.17, 15) is 8.42 Å². The molecule has 1 fully saturated rings. The summed E-state index contributed by atoms with van der Waals surface area (Å²) >= 11 is 9.62. The first-order chi connectivity index (χ1) is 9.36. The van der Waals surface area contributed by atoms with Gasteiger partial charge >= 0.3 is 0 Å². The minimum absolute atomic E-state index is 0.249. The second-order valence-corrected chi connectivity index (χ2v) is 9.84. The van der Waals surface area contributed by atoms with Crippen molar-refractivity contribution in [3.63, 3.8) is 0 Å². The number of thiophene rings is 1. The average molecular weight is 397 g/mol. The van der Waals surface area contributed by atoms with E-state index < -0.39 is 15.6 Å². The zero-order valence-electron chi connectivity index (χ0n) is 10.9. The maximum atomic E-state index is 12.5. The molecule has 3 N–H and O–H groups in total. The van der Waals surface area contributed by atoms with Crippen LogP contribution in [0.25, 0.3) is 0 Å². The molecule has 0 atom stereocenters. The molecule has 4 nitrogen and oxygen atoms in total. The quantitative estimate of drug-likeness (QED) is 0.605. The molecule has 0 unspecified atom stereocenters. The Morgan fingerprint density at radius 2 is 1.90 bits per heavy atom. The van der Waals surface area contributed by atoms with Crippen LogP contribution in [-0.4, -0.2) is 18.9 Å². The number of halogens is 1. The van der Waals surface area contributed by atoms with Gasteiger partial charge in [-0.3, -0.25) is 0 Å². The van der Waals surface area contributed by atoms with Gasteiger partial charge in [0.05, 0.1) is 14.3 Å². The Hall–Kier alpha value is -0.0200. The van der Waals surface area contributed by atoms with E-state index in [0.29, 0.717) is 12.8 Å². The van der Waals surface area contributed by atoms with Gasteiger partial charge in [0.25, 0.3) is 10.0 Å². The Morgan fingerprint density at radius 3 is 2.35 bits per heavy atom. The smallest absolute Gasteiger partial charge is 0.250 e. The van der Waals surface area contributed by atoms with Crippen LogP contribution in [-0.2, 0) is 10.0 Å². The van der Waals surface area contributed by atoms with Crippen molar-refractivity contribution < 1.29 is 8.42 Å². The summed E-state index contributed by atoms with van der Waals surface area (Å²) in [5.41, 5.74) is 5.08. The molecule has 112 valence electrons. The first kappa shape index (κ1) is 16.4. The van der Waals surface area contributed by atoms with Crippen LogP contribution >= 0.6 is 39.5 Å². The van der Waals surface area contributed by atoms with Crippen LogP contribution in [0.5, 0.6) is 0 Å². The van der Waals surface area contributed by atoms with E-state index >= 15 is 0 Å². The largest absolute Gasteiger partial charge is 0.392 e. The van der Waals surface area contributed by atoms with Gasteiger partial charge in [-0.2, -0.15) is 4.72 Å². The molecule has 1 aromatic rings. The summed E-state index contributed by atoms with van der Waals surface area (Å²) in [6, 6.07) is 3.31. The highest BCUT2D eigenvalue weighted by atomic mass is 79.9. The van der Waals surface area contributed by atoms with Crippen LogP contribution in [0.1, 0.15) is 38.5 Å². The van der Waals surface area contributed by atoms with Crippen molar-refractivity contribution in [1.82, 2.24) is 4.72 Å². The molecule has 0 amide bonds. The molecule has 0 aliphatic heterocycles. The molecule has 1 saturated carbocycles. The fraction of sp³-hybridized carbons (Fsp3) is 0.583. The Kier molecular flexibility index (Phi) is 5.23. The minimum Gasteiger partial charge on any atom is -0.392 e. The van der Waals surface area contributed by atoms with Crippen LogP contribution < -0.4 is 10.5 Å². The Bertz CT molecular complexity index is 590. The fourth-order valence-corrected chi connectivity index (χ4v) is 6.25. The molecule has 0 saturated heterocycles. The molecule has 1 aromatic heterocycles. The van der Waals surface area contributed by atoms with E-state index in [0.717, 1.165) is 29.5 Å². The SMILES string of the molecule is NC(=S)C1(NS(=O)(=O)c2ccc(Br)s2)CCCCCC1. The lowest BCUT2D eigenvalue weighted by atomic mass is 9.91. The third-order valence-electron chi connectivity index (χ3n) is 3.57. The third kappa shape index (κ3) is 3.59. The lowest BCUT2D eigenvalue weighted by Crippen LogP contribution is -2.56.